The van der Waals surface area contributed by atoms with E-state index in [-0.39, 0.29) is 21.6 Å². The SMILES string of the molecule is FC(F)(F)c1cc(Cl)cc(Cl)c1Nc1ncnc2nc[nH]c12.c1ncc2[nH]cnc2n1. The fourth-order valence-electron chi connectivity index (χ4n) is 2.59. The second-order valence-corrected chi connectivity index (χ2v) is 6.76. The first kappa shape index (κ1) is 20.8. The first-order valence-corrected chi connectivity index (χ1v) is 9.15. The maximum atomic E-state index is 13.2. The Morgan fingerprint density at radius 2 is 1.61 bits per heavy atom. The maximum absolute atomic E-state index is 13.2. The number of nitrogens with one attached hydrogen (secondary N) is 3. The van der Waals surface area contributed by atoms with E-state index in [1.54, 1.807) is 12.5 Å². The number of aromatic nitrogens is 8. The lowest BCUT2D eigenvalue weighted by molar-refractivity contribution is -0.136. The zero-order valence-electron chi connectivity index (χ0n) is 15.1. The van der Waals surface area contributed by atoms with Crippen molar-refractivity contribution in [3.8, 4) is 0 Å². The monoisotopic (exact) mass is 467 g/mol. The molecule has 0 saturated heterocycles. The quantitative estimate of drug-likeness (QED) is 0.341. The predicted octanol–water partition coefficient (Wildman–Crippen LogP) is 4.78. The van der Waals surface area contributed by atoms with E-state index < -0.39 is 11.7 Å². The van der Waals surface area contributed by atoms with Gasteiger partial charge in [-0.3, -0.25) is 0 Å². The lowest BCUT2D eigenvalue weighted by Gasteiger charge is -2.16. The molecule has 4 aromatic heterocycles. The summed E-state index contributed by atoms with van der Waals surface area (Å²) in [6.07, 6.45) is 2.68. The van der Waals surface area contributed by atoms with Crippen molar-refractivity contribution in [3.05, 3.63) is 59.2 Å². The van der Waals surface area contributed by atoms with E-state index in [9.17, 15) is 13.2 Å². The summed E-state index contributed by atoms with van der Waals surface area (Å²) in [5.74, 6) is 0.122. The molecule has 14 heteroatoms. The van der Waals surface area contributed by atoms with Gasteiger partial charge in [-0.15, -0.1) is 0 Å². The molecule has 0 spiro atoms. The van der Waals surface area contributed by atoms with E-state index in [1.807, 2.05) is 0 Å². The van der Waals surface area contributed by atoms with Crippen molar-refractivity contribution in [3.63, 3.8) is 0 Å². The fourth-order valence-corrected chi connectivity index (χ4v) is 3.13. The molecule has 0 bridgehead atoms. The molecule has 5 aromatic rings. The Morgan fingerprint density at radius 3 is 2.39 bits per heavy atom. The zero-order chi connectivity index (χ0) is 22.0. The molecule has 0 radical (unpaired) electrons. The van der Waals surface area contributed by atoms with Gasteiger partial charge in [0, 0.05) is 5.02 Å². The summed E-state index contributed by atoms with van der Waals surface area (Å²) in [4.78, 5) is 28.9. The van der Waals surface area contributed by atoms with Crippen LogP contribution in [0.3, 0.4) is 0 Å². The molecule has 0 aliphatic heterocycles. The topological polar surface area (TPSA) is 121 Å². The largest absolute Gasteiger partial charge is 0.418 e. The van der Waals surface area contributed by atoms with E-state index in [4.69, 9.17) is 23.2 Å². The smallest absolute Gasteiger partial charge is 0.342 e. The van der Waals surface area contributed by atoms with Crippen LogP contribution >= 0.6 is 23.2 Å². The molecule has 31 heavy (non-hydrogen) atoms. The van der Waals surface area contributed by atoms with Gasteiger partial charge < -0.3 is 15.3 Å². The van der Waals surface area contributed by atoms with Gasteiger partial charge in [-0.05, 0) is 12.1 Å². The maximum Gasteiger partial charge on any atom is 0.418 e. The van der Waals surface area contributed by atoms with Gasteiger partial charge in [0.2, 0.25) is 0 Å². The molecule has 0 amide bonds. The van der Waals surface area contributed by atoms with Crippen LogP contribution < -0.4 is 5.32 Å². The van der Waals surface area contributed by atoms with Gasteiger partial charge in [-0.1, -0.05) is 23.2 Å². The Balaban J connectivity index is 0.000000212. The average molecular weight is 468 g/mol. The lowest BCUT2D eigenvalue weighted by atomic mass is 10.1. The molecule has 0 aliphatic carbocycles. The first-order chi connectivity index (χ1) is 14.8. The number of hydrogen-bond acceptors (Lipinski definition) is 7. The number of imidazole rings is 2. The number of rotatable bonds is 2. The summed E-state index contributed by atoms with van der Waals surface area (Å²) in [6.45, 7) is 0. The Hall–Kier alpha value is -3.51. The fraction of sp³-hybridized carbons (Fsp3) is 0.0588. The Morgan fingerprint density at radius 1 is 0.871 bits per heavy atom. The molecule has 0 unspecified atom stereocenters. The van der Waals surface area contributed by atoms with Gasteiger partial charge in [0.05, 0.1) is 35.1 Å². The van der Waals surface area contributed by atoms with Gasteiger partial charge in [0.25, 0.3) is 0 Å². The summed E-state index contributed by atoms with van der Waals surface area (Å²) >= 11 is 11.6. The summed E-state index contributed by atoms with van der Waals surface area (Å²) in [5, 5.41) is 2.28. The molecule has 0 atom stereocenters. The number of hydrogen-bond donors (Lipinski definition) is 3. The number of benzene rings is 1. The number of fused-ring (bicyclic) bond motifs is 2. The number of halogens is 5. The van der Waals surface area contributed by atoms with E-state index in [1.165, 1.54) is 25.0 Å². The molecule has 0 aliphatic rings. The second kappa shape index (κ2) is 8.32. The Kier molecular flexibility index (Phi) is 5.57. The average Bonchev–Trinajstić information content (AvgIpc) is 3.39. The van der Waals surface area contributed by atoms with Crippen molar-refractivity contribution < 1.29 is 13.2 Å². The highest BCUT2D eigenvalue weighted by Gasteiger charge is 2.35. The molecule has 5 rings (SSSR count). The molecular formula is C17H10Cl2F3N9. The van der Waals surface area contributed by atoms with E-state index in [2.05, 4.69) is 45.2 Å². The molecular weight excluding hydrogens is 458 g/mol. The third-order valence-corrected chi connectivity index (χ3v) is 4.44. The van der Waals surface area contributed by atoms with E-state index in [0.29, 0.717) is 16.8 Å². The van der Waals surface area contributed by atoms with Crippen LogP contribution in [0.1, 0.15) is 5.56 Å². The zero-order valence-corrected chi connectivity index (χ0v) is 16.6. The van der Waals surface area contributed by atoms with Crippen molar-refractivity contribution in [1.29, 1.82) is 0 Å². The van der Waals surface area contributed by atoms with Crippen molar-refractivity contribution in [2.45, 2.75) is 6.18 Å². The van der Waals surface area contributed by atoms with Crippen molar-refractivity contribution >= 4 is 57.0 Å². The van der Waals surface area contributed by atoms with Crippen molar-refractivity contribution in [2.24, 2.45) is 0 Å². The van der Waals surface area contributed by atoms with Crippen molar-refractivity contribution in [1.82, 2.24) is 39.9 Å². The minimum Gasteiger partial charge on any atom is -0.342 e. The highest BCUT2D eigenvalue weighted by Crippen LogP contribution is 2.42. The van der Waals surface area contributed by atoms with Crippen LogP contribution in [0.5, 0.6) is 0 Å². The van der Waals surface area contributed by atoms with Crippen LogP contribution in [0.4, 0.5) is 24.7 Å². The number of aromatic amines is 2. The second-order valence-electron chi connectivity index (χ2n) is 5.92. The normalized spacial score (nSPS) is 11.4. The van der Waals surface area contributed by atoms with Gasteiger partial charge >= 0.3 is 6.18 Å². The first-order valence-electron chi connectivity index (χ1n) is 8.39. The molecule has 3 N–H and O–H groups in total. The van der Waals surface area contributed by atoms with Gasteiger partial charge in [-0.2, -0.15) is 13.2 Å². The summed E-state index contributed by atoms with van der Waals surface area (Å²) in [7, 11) is 0. The van der Waals surface area contributed by atoms with Gasteiger partial charge in [0.1, 0.15) is 23.7 Å². The number of alkyl halides is 3. The number of nitrogens with zero attached hydrogens (tertiary/aromatic N) is 6. The molecule has 4 heterocycles. The number of anilines is 2. The third kappa shape index (κ3) is 4.49. The van der Waals surface area contributed by atoms with Gasteiger partial charge in [-0.25, -0.2) is 29.9 Å². The van der Waals surface area contributed by atoms with Crippen LogP contribution in [-0.2, 0) is 6.18 Å². The van der Waals surface area contributed by atoms with Crippen LogP contribution in [0.2, 0.25) is 10.0 Å². The molecule has 0 saturated carbocycles. The molecule has 1 aromatic carbocycles. The van der Waals surface area contributed by atoms with E-state index in [0.717, 1.165) is 11.6 Å². The van der Waals surface area contributed by atoms with E-state index >= 15 is 0 Å². The third-order valence-electron chi connectivity index (χ3n) is 3.92. The number of H-pyrrole nitrogens is 2. The summed E-state index contributed by atoms with van der Waals surface area (Å²) in [6, 6.07) is 2.01. The molecule has 0 fully saturated rings. The standard InChI is InChI=1S/C12H6Cl2F3N5.C5H4N4/c13-5-1-6(12(15,16)17)8(7(14)2-5)22-11-9-10(19-3-18-9)20-4-21-11;1-4-5(8-2-6-1)9-3-7-4/h1-4H,(H2,18,19,20,21,22);1-3H,(H,6,7,8,9). The highest BCUT2D eigenvalue weighted by atomic mass is 35.5. The van der Waals surface area contributed by atoms with Crippen LogP contribution in [-0.4, -0.2) is 39.9 Å². The summed E-state index contributed by atoms with van der Waals surface area (Å²) < 4.78 is 39.5. The van der Waals surface area contributed by atoms with Crippen LogP contribution in [0.15, 0.2) is 43.6 Å². The lowest BCUT2D eigenvalue weighted by Crippen LogP contribution is -2.10. The van der Waals surface area contributed by atoms with Crippen LogP contribution in [0, 0.1) is 0 Å². The van der Waals surface area contributed by atoms with Gasteiger partial charge in [0.15, 0.2) is 17.1 Å². The molecule has 9 nitrogen and oxygen atoms in total. The minimum atomic E-state index is -4.63. The Bertz CT molecular complexity index is 1320. The summed E-state index contributed by atoms with van der Waals surface area (Å²) in [5.41, 5.74) is 0.935. The van der Waals surface area contributed by atoms with Crippen molar-refractivity contribution in [2.75, 3.05) is 5.32 Å². The Labute approximate surface area is 181 Å². The predicted molar refractivity (Wildman–Crippen MR) is 108 cm³/mol. The minimum absolute atomic E-state index is 0.114. The highest BCUT2D eigenvalue weighted by molar-refractivity contribution is 6.36. The van der Waals surface area contributed by atoms with Crippen LogP contribution in [0.25, 0.3) is 22.3 Å². The molecule has 158 valence electrons.